The molecule has 1 heterocycles. The van der Waals surface area contributed by atoms with Gasteiger partial charge in [-0.15, -0.1) is 0 Å². The van der Waals surface area contributed by atoms with Crippen molar-refractivity contribution in [3.05, 3.63) is 18.2 Å². The molecule has 0 spiro atoms. The smallest absolute Gasteiger partial charge is 0.242 e. The lowest BCUT2D eigenvalue weighted by molar-refractivity contribution is -0.00521. The summed E-state index contributed by atoms with van der Waals surface area (Å²) < 4.78 is 31.5. The van der Waals surface area contributed by atoms with Gasteiger partial charge in [-0.25, -0.2) is 13.1 Å². The molecular formula is C13H21N3O3S. The van der Waals surface area contributed by atoms with Crippen LogP contribution in [0.15, 0.2) is 23.1 Å². The van der Waals surface area contributed by atoms with Crippen LogP contribution in [0.2, 0.25) is 0 Å². The van der Waals surface area contributed by atoms with Crippen LogP contribution < -0.4 is 15.4 Å². The molecule has 20 heavy (non-hydrogen) atoms. The Morgan fingerprint density at radius 3 is 2.40 bits per heavy atom. The van der Waals surface area contributed by atoms with Crippen LogP contribution in [0.1, 0.15) is 13.8 Å². The molecular weight excluding hydrogens is 278 g/mol. The second-order valence-electron chi connectivity index (χ2n) is 5.09. The second kappa shape index (κ2) is 5.59. The van der Waals surface area contributed by atoms with E-state index in [9.17, 15) is 8.42 Å². The van der Waals surface area contributed by atoms with Crippen molar-refractivity contribution in [1.82, 2.24) is 4.72 Å². The van der Waals surface area contributed by atoms with Crippen LogP contribution in [0.3, 0.4) is 0 Å². The van der Waals surface area contributed by atoms with Crippen molar-refractivity contribution in [2.75, 3.05) is 30.8 Å². The van der Waals surface area contributed by atoms with Crippen LogP contribution in [0.5, 0.6) is 0 Å². The van der Waals surface area contributed by atoms with Gasteiger partial charge in [-0.1, -0.05) is 0 Å². The number of nitrogens with zero attached hydrogens (tertiary/aromatic N) is 1. The van der Waals surface area contributed by atoms with Crippen molar-refractivity contribution in [2.45, 2.75) is 31.0 Å². The number of benzene rings is 1. The zero-order valence-corrected chi connectivity index (χ0v) is 12.8. The molecule has 0 bridgehead atoms. The van der Waals surface area contributed by atoms with Crippen molar-refractivity contribution in [1.29, 1.82) is 0 Å². The van der Waals surface area contributed by atoms with Gasteiger partial charge in [-0.05, 0) is 39.1 Å². The SMILES string of the molecule is CNS(=O)(=O)c1ccc(N2C[C@@H](C)O[C@@H](C)C2)cc1N. The summed E-state index contributed by atoms with van der Waals surface area (Å²) in [4.78, 5) is 2.27. The molecule has 3 N–H and O–H groups in total. The van der Waals surface area contributed by atoms with Crippen LogP contribution in [-0.2, 0) is 14.8 Å². The van der Waals surface area contributed by atoms with Gasteiger partial charge >= 0.3 is 0 Å². The molecule has 0 saturated carbocycles. The fourth-order valence-electron chi connectivity index (χ4n) is 2.48. The van der Waals surface area contributed by atoms with Gasteiger partial charge in [0, 0.05) is 18.8 Å². The van der Waals surface area contributed by atoms with Gasteiger partial charge in [0.25, 0.3) is 0 Å². The van der Waals surface area contributed by atoms with Crippen LogP contribution in [0.25, 0.3) is 0 Å². The number of nitrogens with two attached hydrogens (primary N) is 1. The van der Waals surface area contributed by atoms with Crippen LogP contribution >= 0.6 is 0 Å². The lowest BCUT2D eigenvalue weighted by Crippen LogP contribution is -2.45. The number of anilines is 2. The molecule has 6 nitrogen and oxygen atoms in total. The maximum absolute atomic E-state index is 11.8. The molecule has 112 valence electrons. The van der Waals surface area contributed by atoms with E-state index in [4.69, 9.17) is 10.5 Å². The molecule has 1 aliphatic heterocycles. The topological polar surface area (TPSA) is 84.7 Å². The number of morpholine rings is 1. The van der Waals surface area contributed by atoms with E-state index in [0.29, 0.717) is 0 Å². The van der Waals surface area contributed by atoms with Gasteiger partial charge in [0.05, 0.1) is 17.9 Å². The average molecular weight is 299 g/mol. The lowest BCUT2D eigenvalue weighted by Gasteiger charge is -2.37. The summed E-state index contributed by atoms with van der Waals surface area (Å²) in [5.74, 6) is 0. The first-order valence-electron chi connectivity index (χ1n) is 6.57. The zero-order valence-electron chi connectivity index (χ0n) is 12.0. The minimum atomic E-state index is -3.52. The maximum Gasteiger partial charge on any atom is 0.242 e. The predicted molar refractivity (Wildman–Crippen MR) is 79.3 cm³/mol. The van der Waals surface area contributed by atoms with E-state index in [1.165, 1.54) is 7.05 Å². The quantitative estimate of drug-likeness (QED) is 0.806. The molecule has 1 aliphatic rings. The van der Waals surface area contributed by atoms with E-state index in [2.05, 4.69) is 9.62 Å². The fourth-order valence-corrected chi connectivity index (χ4v) is 3.31. The Balaban J connectivity index is 2.30. The van der Waals surface area contributed by atoms with Crippen molar-refractivity contribution in [2.24, 2.45) is 0 Å². The van der Waals surface area contributed by atoms with E-state index in [0.717, 1.165) is 18.8 Å². The highest BCUT2D eigenvalue weighted by molar-refractivity contribution is 7.89. The number of hydrogen-bond acceptors (Lipinski definition) is 5. The molecule has 2 atom stereocenters. The highest BCUT2D eigenvalue weighted by Gasteiger charge is 2.23. The standard InChI is InChI=1S/C13H21N3O3S/c1-9-7-16(8-10(2)19-9)11-4-5-13(12(14)6-11)20(17,18)15-3/h4-6,9-10,15H,7-8,14H2,1-3H3/t9-,10+. The highest BCUT2D eigenvalue weighted by atomic mass is 32.2. The molecule has 0 aliphatic carbocycles. The normalized spacial score (nSPS) is 23.9. The van der Waals surface area contributed by atoms with Gasteiger partial charge in [0.15, 0.2) is 0 Å². The first-order valence-corrected chi connectivity index (χ1v) is 8.05. The van der Waals surface area contributed by atoms with Gasteiger partial charge in [0.1, 0.15) is 4.90 Å². The number of rotatable bonds is 3. The number of nitrogens with one attached hydrogen (secondary N) is 1. The second-order valence-corrected chi connectivity index (χ2v) is 6.95. The van der Waals surface area contributed by atoms with Gasteiger partial charge in [-0.3, -0.25) is 0 Å². The van der Waals surface area contributed by atoms with Crippen molar-refractivity contribution in [3.63, 3.8) is 0 Å². The Morgan fingerprint density at radius 1 is 1.30 bits per heavy atom. The molecule has 1 aromatic carbocycles. The lowest BCUT2D eigenvalue weighted by atomic mass is 10.2. The average Bonchev–Trinajstić information content (AvgIpc) is 2.37. The number of sulfonamides is 1. The van der Waals surface area contributed by atoms with E-state index in [1.54, 1.807) is 18.2 Å². The summed E-state index contributed by atoms with van der Waals surface area (Å²) in [6.07, 6.45) is 0.279. The Hall–Kier alpha value is -1.31. The minimum Gasteiger partial charge on any atom is -0.398 e. The Kier molecular flexibility index (Phi) is 4.22. The van der Waals surface area contributed by atoms with Crippen molar-refractivity contribution in [3.8, 4) is 0 Å². The van der Waals surface area contributed by atoms with E-state index in [1.807, 2.05) is 13.8 Å². The zero-order chi connectivity index (χ0) is 14.9. The fraction of sp³-hybridized carbons (Fsp3) is 0.538. The maximum atomic E-state index is 11.8. The summed E-state index contributed by atoms with van der Waals surface area (Å²) in [6, 6.07) is 5.03. The van der Waals surface area contributed by atoms with Gasteiger partial charge in [-0.2, -0.15) is 0 Å². The molecule has 0 radical (unpaired) electrons. The molecule has 1 saturated heterocycles. The Bertz CT molecular complexity index is 579. The molecule has 2 rings (SSSR count). The molecule has 7 heteroatoms. The molecule has 1 aromatic rings. The van der Waals surface area contributed by atoms with Gasteiger partial charge in [0.2, 0.25) is 10.0 Å². The third-order valence-corrected chi connectivity index (χ3v) is 4.82. The Labute approximate surface area is 120 Å². The number of hydrogen-bond donors (Lipinski definition) is 2. The predicted octanol–water partition coefficient (Wildman–Crippen LogP) is 0.790. The van der Waals surface area contributed by atoms with Crippen LogP contribution in [0, 0.1) is 0 Å². The monoisotopic (exact) mass is 299 g/mol. The van der Waals surface area contributed by atoms with Crippen LogP contribution in [-0.4, -0.2) is 40.8 Å². The first kappa shape index (κ1) is 15.1. The summed E-state index contributed by atoms with van der Waals surface area (Å²) in [7, 11) is -2.15. The highest BCUT2D eigenvalue weighted by Crippen LogP contribution is 2.27. The van der Waals surface area contributed by atoms with E-state index in [-0.39, 0.29) is 22.8 Å². The summed E-state index contributed by atoms with van der Waals surface area (Å²) in [5, 5.41) is 0. The van der Waals surface area contributed by atoms with E-state index >= 15 is 0 Å². The third-order valence-electron chi connectivity index (χ3n) is 3.34. The van der Waals surface area contributed by atoms with Gasteiger partial charge < -0.3 is 15.4 Å². The largest absolute Gasteiger partial charge is 0.398 e. The minimum absolute atomic E-state index is 0.109. The Morgan fingerprint density at radius 2 is 1.90 bits per heavy atom. The van der Waals surface area contributed by atoms with E-state index < -0.39 is 10.0 Å². The van der Waals surface area contributed by atoms with Crippen molar-refractivity contribution < 1.29 is 13.2 Å². The van der Waals surface area contributed by atoms with Crippen LogP contribution in [0.4, 0.5) is 11.4 Å². The summed E-state index contributed by atoms with van der Waals surface area (Å²) in [5.41, 5.74) is 7.05. The molecule has 0 unspecified atom stereocenters. The molecule has 1 fully saturated rings. The number of ether oxygens (including phenoxy) is 1. The molecule has 0 aromatic heterocycles. The summed E-state index contributed by atoms with van der Waals surface area (Å²) >= 11 is 0. The van der Waals surface area contributed by atoms with Crippen molar-refractivity contribution >= 4 is 21.4 Å². The molecule has 0 amide bonds. The third kappa shape index (κ3) is 3.05. The number of nitrogen functional groups attached to an aromatic ring is 1. The summed E-state index contributed by atoms with van der Waals surface area (Å²) in [6.45, 7) is 5.57. The first-order chi connectivity index (χ1) is 9.33.